The van der Waals surface area contributed by atoms with Gasteiger partial charge in [-0.25, -0.2) is 4.39 Å². The number of carbonyl (C=O) groups is 1. The van der Waals surface area contributed by atoms with Gasteiger partial charge in [0.1, 0.15) is 17.3 Å². The van der Waals surface area contributed by atoms with Crippen LogP contribution in [0.3, 0.4) is 0 Å². The van der Waals surface area contributed by atoms with E-state index in [1.54, 1.807) is 19.2 Å². The Morgan fingerprint density at radius 3 is 2.86 bits per heavy atom. The van der Waals surface area contributed by atoms with Gasteiger partial charge in [-0.05, 0) is 41.8 Å². The molecule has 2 aromatic carbocycles. The summed E-state index contributed by atoms with van der Waals surface area (Å²) in [6, 6.07) is 14.1. The van der Waals surface area contributed by atoms with Gasteiger partial charge in [-0.3, -0.25) is 4.79 Å². The standard InChI is InChI=1S/C22H22FN3O2/c1-28-20-7-3-6-18-16(20)9-19(25-18)22(27)26-12-14-10-24-11-17(14)21(26)13-4-2-5-15(23)8-13/h2-9,14,17,21,24-25H,10-12H2,1H3/t14-,17-,21-/m0/s1. The fourth-order valence-electron chi connectivity index (χ4n) is 4.82. The van der Waals surface area contributed by atoms with E-state index in [2.05, 4.69) is 10.3 Å². The molecule has 0 bridgehead atoms. The van der Waals surface area contributed by atoms with Crippen LogP contribution in [0.5, 0.6) is 5.75 Å². The molecule has 2 aliphatic heterocycles. The van der Waals surface area contributed by atoms with Crippen LogP contribution in [0.15, 0.2) is 48.5 Å². The normalized spacial score (nSPS) is 23.9. The highest BCUT2D eigenvalue weighted by atomic mass is 19.1. The molecule has 1 aromatic heterocycles. The Morgan fingerprint density at radius 1 is 1.18 bits per heavy atom. The first kappa shape index (κ1) is 17.3. The van der Waals surface area contributed by atoms with Crippen molar-refractivity contribution in [3.05, 3.63) is 65.6 Å². The number of nitrogens with one attached hydrogen (secondary N) is 2. The number of ether oxygens (including phenoxy) is 1. The molecule has 2 N–H and O–H groups in total. The van der Waals surface area contributed by atoms with Crippen LogP contribution in [-0.4, -0.2) is 42.5 Å². The third-order valence-electron chi connectivity index (χ3n) is 6.09. The van der Waals surface area contributed by atoms with E-state index < -0.39 is 0 Å². The molecule has 2 aliphatic rings. The molecule has 3 atom stereocenters. The van der Waals surface area contributed by atoms with Gasteiger partial charge < -0.3 is 19.9 Å². The summed E-state index contributed by atoms with van der Waals surface area (Å²) in [4.78, 5) is 18.6. The third-order valence-corrected chi connectivity index (χ3v) is 6.09. The zero-order valence-electron chi connectivity index (χ0n) is 15.6. The zero-order chi connectivity index (χ0) is 19.3. The zero-order valence-corrected chi connectivity index (χ0v) is 15.6. The van der Waals surface area contributed by atoms with Crippen LogP contribution in [0.2, 0.25) is 0 Å². The summed E-state index contributed by atoms with van der Waals surface area (Å²) < 4.78 is 19.3. The van der Waals surface area contributed by atoms with Crippen molar-refractivity contribution in [3.8, 4) is 5.75 Å². The second-order valence-electron chi connectivity index (χ2n) is 7.64. The van der Waals surface area contributed by atoms with Gasteiger partial charge in [0.2, 0.25) is 0 Å². The first-order valence-corrected chi connectivity index (χ1v) is 9.58. The van der Waals surface area contributed by atoms with Gasteiger partial charge in [0.25, 0.3) is 5.91 Å². The number of amides is 1. The van der Waals surface area contributed by atoms with Gasteiger partial charge in [-0.1, -0.05) is 18.2 Å². The van der Waals surface area contributed by atoms with Crippen LogP contribution in [0.1, 0.15) is 22.1 Å². The molecule has 0 spiro atoms. The maximum Gasteiger partial charge on any atom is 0.270 e. The second-order valence-corrected chi connectivity index (χ2v) is 7.64. The third kappa shape index (κ3) is 2.67. The molecule has 144 valence electrons. The molecule has 0 radical (unpaired) electrons. The summed E-state index contributed by atoms with van der Waals surface area (Å²) >= 11 is 0. The van der Waals surface area contributed by atoms with E-state index in [9.17, 15) is 9.18 Å². The lowest BCUT2D eigenvalue weighted by Crippen LogP contribution is -2.34. The first-order valence-electron chi connectivity index (χ1n) is 9.58. The van der Waals surface area contributed by atoms with Gasteiger partial charge in [0, 0.05) is 36.5 Å². The Hall–Kier alpha value is -2.86. The molecule has 6 heteroatoms. The van der Waals surface area contributed by atoms with Gasteiger partial charge in [0.15, 0.2) is 0 Å². The molecule has 28 heavy (non-hydrogen) atoms. The summed E-state index contributed by atoms with van der Waals surface area (Å²) in [6.07, 6.45) is 0. The van der Waals surface area contributed by atoms with Gasteiger partial charge in [-0.2, -0.15) is 0 Å². The largest absolute Gasteiger partial charge is 0.496 e. The number of benzene rings is 2. The molecule has 3 aromatic rings. The Morgan fingerprint density at radius 2 is 2.04 bits per heavy atom. The molecular weight excluding hydrogens is 357 g/mol. The molecule has 2 saturated heterocycles. The minimum Gasteiger partial charge on any atom is -0.496 e. The Labute approximate surface area is 162 Å². The Balaban J connectivity index is 1.54. The van der Waals surface area contributed by atoms with Gasteiger partial charge in [0.05, 0.1) is 13.2 Å². The Bertz CT molecular complexity index is 1050. The van der Waals surface area contributed by atoms with Crippen LogP contribution < -0.4 is 10.1 Å². The quantitative estimate of drug-likeness (QED) is 0.734. The molecular formula is C22H22FN3O2. The number of rotatable bonds is 3. The van der Waals surface area contributed by atoms with E-state index in [1.165, 1.54) is 6.07 Å². The highest BCUT2D eigenvalue weighted by Crippen LogP contribution is 2.43. The van der Waals surface area contributed by atoms with E-state index in [0.717, 1.165) is 35.3 Å². The molecule has 5 nitrogen and oxygen atoms in total. The second kappa shape index (κ2) is 6.63. The van der Waals surface area contributed by atoms with Crippen molar-refractivity contribution >= 4 is 16.8 Å². The molecule has 0 saturated carbocycles. The summed E-state index contributed by atoms with van der Waals surface area (Å²) in [6.45, 7) is 2.40. The number of aromatic nitrogens is 1. The number of fused-ring (bicyclic) bond motifs is 2. The maximum absolute atomic E-state index is 13.9. The van der Waals surface area contributed by atoms with Crippen LogP contribution in [0.25, 0.3) is 10.9 Å². The number of likely N-dealkylation sites (tertiary alicyclic amines) is 1. The van der Waals surface area contributed by atoms with Crippen molar-refractivity contribution < 1.29 is 13.9 Å². The maximum atomic E-state index is 13.9. The van der Waals surface area contributed by atoms with E-state index in [1.807, 2.05) is 35.2 Å². The number of halogens is 1. The molecule has 3 heterocycles. The molecule has 2 fully saturated rings. The summed E-state index contributed by atoms with van der Waals surface area (Å²) in [5, 5.41) is 4.30. The van der Waals surface area contributed by atoms with Crippen LogP contribution in [0, 0.1) is 17.7 Å². The number of hydrogen-bond acceptors (Lipinski definition) is 3. The summed E-state index contributed by atoms with van der Waals surface area (Å²) in [5.41, 5.74) is 2.26. The summed E-state index contributed by atoms with van der Waals surface area (Å²) in [7, 11) is 1.62. The van der Waals surface area contributed by atoms with E-state index in [4.69, 9.17) is 4.74 Å². The highest BCUT2D eigenvalue weighted by molar-refractivity contribution is 6.00. The number of H-pyrrole nitrogens is 1. The van der Waals surface area contributed by atoms with Gasteiger partial charge >= 0.3 is 0 Å². The lowest BCUT2D eigenvalue weighted by molar-refractivity contribution is 0.0708. The summed E-state index contributed by atoms with van der Waals surface area (Å²) in [5.74, 6) is 1.09. The fourth-order valence-corrected chi connectivity index (χ4v) is 4.82. The molecule has 1 amide bonds. The predicted octanol–water partition coefficient (Wildman–Crippen LogP) is 3.35. The highest BCUT2D eigenvalue weighted by Gasteiger charge is 2.47. The van der Waals surface area contributed by atoms with Crippen LogP contribution in [0.4, 0.5) is 4.39 Å². The molecule has 0 unspecified atom stereocenters. The minimum atomic E-state index is -0.269. The van der Waals surface area contributed by atoms with Crippen molar-refractivity contribution in [2.24, 2.45) is 11.8 Å². The average molecular weight is 379 g/mol. The number of nitrogens with zero attached hydrogens (tertiary/aromatic N) is 1. The van der Waals surface area contributed by atoms with Crippen molar-refractivity contribution in [2.75, 3.05) is 26.7 Å². The predicted molar refractivity (Wildman–Crippen MR) is 105 cm³/mol. The smallest absolute Gasteiger partial charge is 0.270 e. The minimum absolute atomic E-state index is 0.0538. The van der Waals surface area contributed by atoms with Gasteiger partial charge in [-0.15, -0.1) is 0 Å². The lowest BCUT2D eigenvalue weighted by Gasteiger charge is -2.28. The number of methoxy groups -OCH3 is 1. The fraction of sp³-hybridized carbons (Fsp3) is 0.318. The number of aromatic amines is 1. The molecule has 0 aliphatic carbocycles. The first-order chi connectivity index (χ1) is 13.7. The van der Waals surface area contributed by atoms with Crippen LogP contribution >= 0.6 is 0 Å². The monoisotopic (exact) mass is 379 g/mol. The van der Waals surface area contributed by atoms with Crippen LogP contribution in [-0.2, 0) is 0 Å². The Kier molecular flexibility index (Phi) is 4.09. The lowest BCUT2D eigenvalue weighted by atomic mass is 9.89. The van der Waals surface area contributed by atoms with Crippen molar-refractivity contribution in [1.29, 1.82) is 0 Å². The topological polar surface area (TPSA) is 57.4 Å². The van der Waals surface area contributed by atoms with Crippen molar-refractivity contribution in [1.82, 2.24) is 15.2 Å². The van der Waals surface area contributed by atoms with E-state index in [0.29, 0.717) is 24.1 Å². The van der Waals surface area contributed by atoms with Crippen molar-refractivity contribution in [2.45, 2.75) is 6.04 Å². The van der Waals surface area contributed by atoms with Crippen molar-refractivity contribution in [3.63, 3.8) is 0 Å². The number of hydrogen-bond donors (Lipinski definition) is 2. The average Bonchev–Trinajstić information content (AvgIpc) is 3.40. The molecule has 5 rings (SSSR count). The number of carbonyl (C=O) groups excluding carboxylic acids is 1. The SMILES string of the molecule is COc1cccc2[nH]c(C(=O)N3C[C@@H]4CNC[C@@H]4[C@@H]3c3cccc(F)c3)cc12. The van der Waals surface area contributed by atoms with E-state index in [-0.39, 0.29) is 17.8 Å². The van der Waals surface area contributed by atoms with E-state index >= 15 is 0 Å².